The molecule has 3 rings (SSSR count). The highest BCUT2D eigenvalue weighted by Gasteiger charge is 2.32. The molecule has 1 aliphatic heterocycles. The monoisotopic (exact) mass is 411 g/mol. The van der Waals surface area contributed by atoms with Crippen LogP contribution in [0.4, 0.5) is 15.8 Å². The average Bonchev–Trinajstić information content (AvgIpc) is 2.90. The van der Waals surface area contributed by atoms with E-state index in [2.05, 4.69) is 15.6 Å². The number of hydrogen-bond donors (Lipinski definition) is 2. The molecule has 1 atom stereocenters. The Kier molecular flexibility index (Phi) is 5.80. The third-order valence-electron chi connectivity index (χ3n) is 3.39. The van der Waals surface area contributed by atoms with Crippen LogP contribution < -0.4 is 10.6 Å². The van der Waals surface area contributed by atoms with Gasteiger partial charge in [-0.3, -0.25) is 9.59 Å². The SMILES string of the molecule is O=C(C[C@H]1SC(=Nc2cccc(F)c2)NC1=O)Nc1cc(Cl)ccc1Cl. The molecular weight excluding hydrogens is 400 g/mol. The van der Waals surface area contributed by atoms with Gasteiger partial charge in [0.2, 0.25) is 11.8 Å². The van der Waals surface area contributed by atoms with E-state index < -0.39 is 11.1 Å². The summed E-state index contributed by atoms with van der Waals surface area (Å²) in [7, 11) is 0. The maximum atomic E-state index is 13.2. The highest BCUT2D eigenvalue weighted by atomic mass is 35.5. The van der Waals surface area contributed by atoms with E-state index >= 15 is 0 Å². The fraction of sp³-hybridized carbons (Fsp3) is 0.118. The smallest absolute Gasteiger partial charge is 0.240 e. The van der Waals surface area contributed by atoms with Gasteiger partial charge in [0.15, 0.2) is 5.17 Å². The minimum Gasteiger partial charge on any atom is -0.325 e. The van der Waals surface area contributed by atoms with Crippen molar-refractivity contribution < 1.29 is 14.0 Å². The van der Waals surface area contributed by atoms with Crippen molar-refractivity contribution in [2.75, 3.05) is 5.32 Å². The van der Waals surface area contributed by atoms with Crippen LogP contribution in [0.25, 0.3) is 0 Å². The number of nitrogens with one attached hydrogen (secondary N) is 2. The fourth-order valence-corrected chi connectivity index (χ4v) is 3.54. The molecule has 2 aromatic rings. The van der Waals surface area contributed by atoms with Crippen molar-refractivity contribution in [2.45, 2.75) is 11.7 Å². The van der Waals surface area contributed by atoms with Gasteiger partial charge in [-0.15, -0.1) is 0 Å². The van der Waals surface area contributed by atoms with E-state index in [1.165, 1.54) is 24.3 Å². The lowest BCUT2D eigenvalue weighted by Crippen LogP contribution is -2.28. The number of aliphatic imine (C=N–C) groups is 1. The molecule has 0 bridgehead atoms. The molecule has 0 spiro atoms. The fourth-order valence-electron chi connectivity index (χ4n) is 2.22. The second kappa shape index (κ2) is 8.07. The lowest BCUT2D eigenvalue weighted by atomic mass is 10.2. The molecule has 0 radical (unpaired) electrons. The number of hydrogen-bond acceptors (Lipinski definition) is 4. The van der Waals surface area contributed by atoms with E-state index in [9.17, 15) is 14.0 Å². The number of carbonyl (C=O) groups is 2. The molecule has 9 heteroatoms. The summed E-state index contributed by atoms with van der Waals surface area (Å²) >= 11 is 13.0. The lowest BCUT2D eigenvalue weighted by molar-refractivity contribution is -0.122. The molecular formula is C17H12Cl2FN3O2S. The first-order valence-corrected chi connectivity index (χ1v) is 9.11. The Labute approximate surface area is 163 Å². The van der Waals surface area contributed by atoms with Crippen molar-refractivity contribution in [3.05, 3.63) is 58.3 Å². The zero-order valence-electron chi connectivity index (χ0n) is 13.1. The topological polar surface area (TPSA) is 70.6 Å². The van der Waals surface area contributed by atoms with Crippen LogP contribution in [0.3, 0.4) is 0 Å². The number of benzene rings is 2. The van der Waals surface area contributed by atoms with E-state index in [-0.39, 0.29) is 18.2 Å². The van der Waals surface area contributed by atoms with Gasteiger partial charge in [0, 0.05) is 11.4 Å². The minimum atomic E-state index is -0.639. The third-order valence-corrected chi connectivity index (χ3v) is 5.04. The maximum absolute atomic E-state index is 13.2. The molecule has 134 valence electrons. The van der Waals surface area contributed by atoms with Crippen LogP contribution in [0, 0.1) is 5.82 Å². The molecule has 1 saturated heterocycles. The minimum absolute atomic E-state index is 0.0679. The number of amides is 2. The maximum Gasteiger partial charge on any atom is 0.240 e. The summed E-state index contributed by atoms with van der Waals surface area (Å²) in [6.07, 6.45) is -0.0679. The second-order valence-electron chi connectivity index (χ2n) is 5.37. The molecule has 2 N–H and O–H groups in total. The average molecular weight is 412 g/mol. The van der Waals surface area contributed by atoms with Gasteiger partial charge in [0.1, 0.15) is 11.1 Å². The van der Waals surface area contributed by atoms with Gasteiger partial charge < -0.3 is 10.6 Å². The molecule has 26 heavy (non-hydrogen) atoms. The molecule has 0 aromatic heterocycles. The number of anilines is 1. The van der Waals surface area contributed by atoms with E-state index in [0.717, 1.165) is 11.8 Å². The Morgan fingerprint density at radius 1 is 1.27 bits per heavy atom. The normalized spacial score (nSPS) is 18.0. The Balaban J connectivity index is 1.64. The number of halogens is 3. The van der Waals surface area contributed by atoms with Crippen LogP contribution >= 0.6 is 35.0 Å². The van der Waals surface area contributed by atoms with Crippen molar-refractivity contribution in [1.29, 1.82) is 0 Å². The molecule has 2 amide bonds. The Bertz CT molecular complexity index is 907. The Morgan fingerprint density at radius 3 is 2.85 bits per heavy atom. The molecule has 0 aliphatic carbocycles. The highest BCUT2D eigenvalue weighted by Crippen LogP contribution is 2.28. The van der Waals surface area contributed by atoms with E-state index in [0.29, 0.717) is 26.6 Å². The van der Waals surface area contributed by atoms with Gasteiger partial charge in [0.05, 0.1) is 16.4 Å². The summed E-state index contributed by atoms with van der Waals surface area (Å²) in [5.41, 5.74) is 0.754. The molecule has 0 saturated carbocycles. The van der Waals surface area contributed by atoms with Crippen LogP contribution in [-0.2, 0) is 9.59 Å². The van der Waals surface area contributed by atoms with Gasteiger partial charge in [-0.2, -0.15) is 0 Å². The molecule has 1 fully saturated rings. The van der Waals surface area contributed by atoms with E-state index in [1.54, 1.807) is 18.2 Å². The van der Waals surface area contributed by atoms with Crippen LogP contribution in [0.15, 0.2) is 47.5 Å². The van der Waals surface area contributed by atoms with Gasteiger partial charge in [-0.1, -0.05) is 41.0 Å². The predicted octanol–water partition coefficient (Wildman–Crippen LogP) is 4.38. The van der Waals surface area contributed by atoms with E-state index in [1.807, 2.05) is 0 Å². The van der Waals surface area contributed by atoms with Crippen LogP contribution in [0.5, 0.6) is 0 Å². The van der Waals surface area contributed by atoms with Gasteiger partial charge in [0.25, 0.3) is 0 Å². The zero-order valence-corrected chi connectivity index (χ0v) is 15.5. The van der Waals surface area contributed by atoms with Crippen molar-refractivity contribution in [3.8, 4) is 0 Å². The first-order chi connectivity index (χ1) is 12.4. The summed E-state index contributed by atoms with van der Waals surface area (Å²) in [6, 6.07) is 10.4. The predicted molar refractivity (Wildman–Crippen MR) is 103 cm³/mol. The number of nitrogens with zero attached hydrogens (tertiary/aromatic N) is 1. The summed E-state index contributed by atoms with van der Waals surface area (Å²) in [5, 5.41) is 5.68. The lowest BCUT2D eigenvalue weighted by Gasteiger charge is -2.09. The standard InChI is InChI=1S/C17H12Cl2FN3O2S/c18-9-4-5-12(19)13(6-9)22-15(24)8-14-16(25)23-17(26-14)21-11-3-1-2-10(20)7-11/h1-7,14H,8H2,(H,22,24)(H,21,23,25)/t14-/m1/s1. The quantitative estimate of drug-likeness (QED) is 0.783. The second-order valence-corrected chi connectivity index (χ2v) is 7.40. The van der Waals surface area contributed by atoms with Crippen molar-refractivity contribution in [3.63, 3.8) is 0 Å². The number of rotatable bonds is 4. The molecule has 2 aromatic carbocycles. The van der Waals surface area contributed by atoms with Gasteiger partial charge in [-0.25, -0.2) is 9.38 Å². The van der Waals surface area contributed by atoms with Crippen molar-refractivity contribution >= 4 is 63.3 Å². The first-order valence-electron chi connectivity index (χ1n) is 7.47. The van der Waals surface area contributed by atoms with Crippen LogP contribution in [-0.4, -0.2) is 22.2 Å². The van der Waals surface area contributed by atoms with E-state index in [4.69, 9.17) is 23.2 Å². The number of amidine groups is 1. The van der Waals surface area contributed by atoms with Gasteiger partial charge in [-0.05, 0) is 36.4 Å². The molecule has 1 heterocycles. The zero-order chi connectivity index (χ0) is 18.7. The largest absolute Gasteiger partial charge is 0.325 e. The number of thioether (sulfide) groups is 1. The molecule has 1 aliphatic rings. The highest BCUT2D eigenvalue weighted by molar-refractivity contribution is 8.15. The summed E-state index contributed by atoms with van der Waals surface area (Å²) in [5.74, 6) is -1.14. The summed E-state index contributed by atoms with van der Waals surface area (Å²) in [4.78, 5) is 28.4. The number of carbonyl (C=O) groups excluding carboxylic acids is 2. The summed E-state index contributed by atoms with van der Waals surface area (Å²) in [6.45, 7) is 0. The Hall–Kier alpha value is -2.09. The van der Waals surface area contributed by atoms with Crippen molar-refractivity contribution in [2.24, 2.45) is 4.99 Å². The van der Waals surface area contributed by atoms with Gasteiger partial charge >= 0.3 is 0 Å². The molecule has 5 nitrogen and oxygen atoms in total. The molecule has 0 unspecified atom stereocenters. The van der Waals surface area contributed by atoms with Crippen LogP contribution in [0.2, 0.25) is 10.0 Å². The van der Waals surface area contributed by atoms with Crippen LogP contribution in [0.1, 0.15) is 6.42 Å². The van der Waals surface area contributed by atoms with Crippen molar-refractivity contribution in [1.82, 2.24) is 5.32 Å². The third kappa shape index (κ3) is 4.75. The summed E-state index contributed by atoms with van der Waals surface area (Å²) < 4.78 is 13.2. The first kappa shape index (κ1) is 18.7. The Morgan fingerprint density at radius 2 is 2.08 bits per heavy atom.